The summed E-state index contributed by atoms with van der Waals surface area (Å²) in [6.45, 7) is 1.87. The maximum absolute atomic E-state index is 12.3. The number of benzene rings is 1. The fourth-order valence-electron chi connectivity index (χ4n) is 1.83. The van der Waals surface area contributed by atoms with E-state index in [-0.39, 0.29) is 5.56 Å². The SMILES string of the molecule is Cc1cc(CS(=O)c2ccc(Br)c(C(=O)O)c2)n(C)n1. The van der Waals surface area contributed by atoms with Crippen molar-refractivity contribution in [2.24, 2.45) is 7.05 Å². The Labute approximate surface area is 127 Å². The van der Waals surface area contributed by atoms with Gasteiger partial charge in [-0.15, -0.1) is 0 Å². The first kappa shape index (κ1) is 14.9. The predicted molar refractivity (Wildman–Crippen MR) is 79.2 cm³/mol. The lowest BCUT2D eigenvalue weighted by atomic mass is 10.2. The van der Waals surface area contributed by atoms with Crippen molar-refractivity contribution in [1.82, 2.24) is 9.78 Å². The Hall–Kier alpha value is -1.47. The molecule has 20 heavy (non-hydrogen) atoms. The Kier molecular flexibility index (Phi) is 4.39. The summed E-state index contributed by atoms with van der Waals surface area (Å²) in [5.41, 5.74) is 1.82. The minimum Gasteiger partial charge on any atom is -0.478 e. The van der Waals surface area contributed by atoms with Gasteiger partial charge >= 0.3 is 5.97 Å². The number of nitrogens with zero attached hydrogens (tertiary/aromatic N) is 2. The highest BCUT2D eigenvalue weighted by Crippen LogP contribution is 2.21. The van der Waals surface area contributed by atoms with Crippen molar-refractivity contribution in [3.8, 4) is 0 Å². The third-order valence-electron chi connectivity index (χ3n) is 2.81. The fraction of sp³-hybridized carbons (Fsp3) is 0.231. The molecule has 0 aliphatic carbocycles. The van der Waals surface area contributed by atoms with Crippen LogP contribution < -0.4 is 0 Å². The smallest absolute Gasteiger partial charge is 0.336 e. The molecule has 1 aromatic carbocycles. The van der Waals surface area contributed by atoms with Crippen molar-refractivity contribution in [1.29, 1.82) is 0 Å². The van der Waals surface area contributed by atoms with Crippen molar-refractivity contribution < 1.29 is 14.1 Å². The topological polar surface area (TPSA) is 72.2 Å². The highest BCUT2D eigenvalue weighted by Gasteiger charge is 2.14. The molecule has 0 amide bonds. The molecule has 1 aromatic heterocycles. The summed E-state index contributed by atoms with van der Waals surface area (Å²) in [5.74, 6) is -0.745. The predicted octanol–water partition coefficient (Wildman–Crippen LogP) is 2.50. The second-order valence-electron chi connectivity index (χ2n) is 4.34. The first-order chi connectivity index (χ1) is 9.38. The summed E-state index contributed by atoms with van der Waals surface area (Å²) in [6, 6.07) is 6.57. The molecule has 0 saturated heterocycles. The summed E-state index contributed by atoms with van der Waals surface area (Å²) < 4.78 is 14.5. The van der Waals surface area contributed by atoms with E-state index >= 15 is 0 Å². The zero-order valence-electron chi connectivity index (χ0n) is 11.0. The molecule has 1 N–H and O–H groups in total. The van der Waals surface area contributed by atoms with Gasteiger partial charge in [0.25, 0.3) is 0 Å². The van der Waals surface area contributed by atoms with E-state index in [0.717, 1.165) is 11.4 Å². The highest BCUT2D eigenvalue weighted by molar-refractivity contribution is 9.10. The van der Waals surface area contributed by atoms with Crippen LogP contribution in [-0.4, -0.2) is 25.1 Å². The summed E-state index contributed by atoms with van der Waals surface area (Å²) in [4.78, 5) is 11.6. The van der Waals surface area contributed by atoms with E-state index in [0.29, 0.717) is 15.1 Å². The maximum atomic E-state index is 12.3. The second-order valence-corrected chi connectivity index (χ2v) is 6.64. The number of aromatic carboxylic acids is 1. The quantitative estimate of drug-likeness (QED) is 0.913. The minimum atomic E-state index is -1.31. The monoisotopic (exact) mass is 356 g/mol. The number of carbonyl (C=O) groups is 1. The number of rotatable bonds is 4. The second kappa shape index (κ2) is 5.88. The van der Waals surface area contributed by atoms with Crippen LogP contribution in [0.5, 0.6) is 0 Å². The van der Waals surface area contributed by atoms with Gasteiger partial charge in [-0.1, -0.05) is 0 Å². The molecule has 0 spiro atoms. The summed E-state index contributed by atoms with van der Waals surface area (Å²) in [7, 11) is 0.484. The van der Waals surface area contributed by atoms with Crippen LogP contribution in [-0.2, 0) is 23.6 Å². The molecule has 1 heterocycles. The molecule has 2 rings (SSSR count). The van der Waals surface area contributed by atoms with Gasteiger partial charge in [0.15, 0.2) is 0 Å². The molecular formula is C13H13BrN2O3S. The maximum Gasteiger partial charge on any atom is 0.336 e. The van der Waals surface area contributed by atoms with Crippen LogP contribution in [0.4, 0.5) is 0 Å². The van der Waals surface area contributed by atoms with Crippen LogP contribution >= 0.6 is 15.9 Å². The van der Waals surface area contributed by atoms with Gasteiger partial charge in [-0.05, 0) is 47.1 Å². The average Bonchev–Trinajstić information content (AvgIpc) is 2.67. The van der Waals surface area contributed by atoms with Crippen LogP contribution in [0.15, 0.2) is 33.6 Å². The van der Waals surface area contributed by atoms with Crippen LogP contribution in [0, 0.1) is 6.92 Å². The van der Waals surface area contributed by atoms with Crippen molar-refractivity contribution in [3.05, 3.63) is 45.7 Å². The van der Waals surface area contributed by atoms with Crippen LogP contribution in [0.1, 0.15) is 21.7 Å². The Morgan fingerprint density at radius 2 is 2.15 bits per heavy atom. The minimum absolute atomic E-state index is 0.108. The molecule has 2 aromatic rings. The third kappa shape index (κ3) is 3.16. The third-order valence-corrected chi connectivity index (χ3v) is 4.84. The number of aryl methyl sites for hydroxylation is 2. The van der Waals surface area contributed by atoms with Crippen molar-refractivity contribution in [2.75, 3.05) is 0 Å². The van der Waals surface area contributed by atoms with Gasteiger partial charge in [0, 0.05) is 16.4 Å². The van der Waals surface area contributed by atoms with E-state index in [4.69, 9.17) is 5.11 Å². The lowest BCUT2D eigenvalue weighted by molar-refractivity contribution is 0.0695. The molecule has 0 aliphatic heterocycles. The number of carboxylic acids is 1. The zero-order chi connectivity index (χ0) is 14.9. The van der Waals surface area contributed by atoms with E-state index in [9.17, 15) is 9.00 Å². The Morgan fingerprint density at radius 1 is 1.45 bits per heavy atom. The molecule has 0 radical (unpaired) electrons. The first-order valence-electron chi connectivity index (χ1n) is 5.79. The van der Waals surface area contributed by atoms with Gasteiger partial charge in [0.2, 0.25) is 0 Å². The van der Waals surface area contributed by atoms with Gasteiger partial charge in [-0.2, -0.15) is 5.10 Å². The van der Waals surface area contributed by atoms with Gasteiger partial charge < -0.3 is 5.11 Å². The molecule has 5 nitrogen and oxygen atoms in total. The Bertz CT molecular complexity index is 697. The molecule has 7 heteroatoms. The van der Waals surface area contributed by atoms with Crippen molar-refractivity contribution in [2.45, 2.75) is 17.6 Å². The highest BCUT2D eigenvalue weighted by atomic mass is 79.9. The Morgan fingerprint density at radius 3 is 2.70 bits per heavy atom. The molecular weight excluding hydrogens is 344 g/mol. The largest absolute Gasteiger partial charge is 0.478 e. The molecule has 1 atom stereocenters. The molecule has 0 aliphatic rings. The standard InChI is InChI=1S/C13H13BrN2O3S/c1-8-5-9(16(2)15-8)7-20(19)10-3-4-12(14)11(6-10)13(17)18/h3-6H,7H2,1-2H3,(H,17,18). The normalized spacial score (nSPS) is 12.3. The number of hydrogen-bond acceptors (Lipinski definition) is 3. The molecule has 0 fully saturated rings. The van der Waals surface area contributed by atoms with Gasteiger partial charge in [0.05, 0.1) is 33.5 Å². The Balaban J connectivity index is 2.28. The summed E-state index contributed by atoms with van der Waals surface area (Å²) in [5, 5.41) is 13.3. The first-order valence-corrected chi connectivity index (χ1v) is 7.90. The van der Waals surface area contributed by atoms with E-state index in [1.165, 1.54) is 6.07 Å². The average molecular weight is 357 g/mol. The summed E-state index contributed by atoms with van der Waals surface area (Å²) >= 11 is 3.17. The number of hydrogen-bond donors (Lipinski definition) is 1. The molecule has 0 bridgehead atoms. The zero-order valence-corrected chi connectivity index (χ0v) is 13.4. The van der Waals surface area contributed by atoms with Gasteiger partial charge in [-0.3, -0.25) is 8.89 Å². The van der Waals surface area contributed by atoms with Crippen LogP contribution in [0.2, 0.25) is 0 Å². The van der Waals surface area contributed by atoms with E-state index in [1.807, 2.05) is 13.0 Å². The number of carboxylic acid groups (broad SMARTS) is 1. The fourth-order valence-corrected chi connectivity index (χ4v) is 3.42. The number of aromatic nitrogens is 2. The molecule has 1 unspecified atom stereocenters. The van der Waals surface area contributed by atoms with E-state index < -0.39 is 16.8 Å². The van der Waals surface area contributed by atoms with E-state index in [2.05, 4.69) is 21.0 Å². The van der Waals surface area contributed by atoms with Crippen LogP contribution in [0.3, 0.4) is 0 Å². The van der Waals surface area contributed by atoms with Gasteiger partial charge in [-0.25, -0.2) is 4.79 Å². The molecule has 106 valence electrons. The summed E-state index contributed by atoms with van der Waals surface area (Å²) in [6.07, 6.45) is 0. The number of halogens is 1. The molecule has 0 saturated carbocycles. The lowest BCUT2D eigenvalue weighted by Crippen LogP contribution is -2.05. The van der Waals surface area contributed by atoms with Crippen molar-refractivity contribution >= 4 is 32.7 Å². The van der Waals surface area contributed by atoms with Crippen LogP contribution in [0.25, 0.3) is 0 Å². The van der Waals surface area contributed by atoms with Gasteiger partial charge in [0.1, 0.15) is 0 Å². The van der Waals surface area contributed by atoms with E-state index in [1.54, 1.807) is 23.9 Å². The van der Waals surface area contributed by atoms with Crippen molar-refractivity contribution in [3.63, 3.8) is 0 Å². The lowest BCUT2D eigenvalue weighted by Gasteiger charge is -2.05.